The Kier molecular flexibility index (Phi) is 5.88. The highest BCUT2D eigenvalue weighted by molar-refractivity contribution is 7.89. The largest absolute Gasteiger partial charge is 0.454 e. The topological polar surface area (TPSA) is 80.8 Å². The van der Waals surface area contributed by atoms with Crippen molar-refractivity contribution in [1.82, 2.24) is 4.31 Å². The maximum Gasteiger partial charge on any atom is 0.309 e. The van der Waals surface area contributed by atoms with Crippen LogP contribution in [0.1, 0.15) is 58.3 Å². The zero-order chi connectivity index (χ0) is 23.4. The molecule has 0 radical (unpaired) electrons. The van der Waals surface area contributed by atoms with E-state index in [1.54, 1.807) is 6.92 Å². The molecular formula is C25H32FNO5S. The lowest BCUT2D eigenvalue weighted by Gasteiger charge is -2.56. The second-order valence-corrected chi connectivity index (χ2v) is 12.7. The van der Waals surface area contributed by atoms with Crippen molar-refractivity contribution in [3.05, 3.63) is 30.1 Å². The van der Waals surface area contributed by atoms with E-state index in [2.05, 4.69) is 0 Å². The van der Waals surface area contributed by atoms with Crippen LogP contribution in [0.2, 0.25) is 0 Å². The fourth-order valence-corrected chi connectivity index (χ4v) is 8.72. The van der Waals surface area contributed by atoms with Crippen molar-refractivity contribution in [1.29, 1.82) is 0 Å². The van der Waals surface area contributed by atoms with E-state index >= 15 is 0 Å². The van der Waals surface area contributed by atoms with Gasteiger partial charge in [0.15, 0.2) is 11.9 Å². The van der Waals surface area contributed by atoms with Crippen molar-refractivity contribution in [2.24, 2.45) is 29.1 Å². The number of ether oxygens (including phenoxy) is 1. The van der Waals surface area contributed by atoms with Crippen LogP contribution in [0.4, 0.5) is 4.39 Å². The summed E-state index contributed by atoms with van der Waals surface area (Å²) in [4.78, 5) is 26.2. The molecule has 6 rings (SSSR count). The van der Waals surface area contributed by atoms with E-state index in [0.29, 0.717) is 30.6 Å². The van der Waals surface area contributed by atoms with Gasteiger partial charge in [0.25, 0.3) is 0 Å². The fourth-order valence-electron chi connectivity index (χ4n) is 7.26. The molecule has 33 heavy (non-hydrogen) atoms. The summed E-state index contributed by atoms with van der Waals surface area (Å²) in [6.07, 6.45) is 6.52. The van der Waals surface area contributed by atoms with Crippen LogP contribution in [0.5, 0.6) is 0 Å². The minimum absolute atomic E-state index is 0.0414. The first kappa shape index (κ1) is 23.0. The quantitative estimate of drug-likeness (QED) is 0.580. The van der Waals surface area contributed by atoms with Crippen molar-refractivity contribution in [3.8, 4) is 0 Å². The molecule has 0 aromatic heterocycles. The molecule has 1 aromatic rings. The molecule has 8 heteroatoms. The maximum absolute atomic E-state index is 13.4. The van der Waals surface area contributed by atoms with Crippen LogP contribution >= 0.6 is 0 Å². The lowest BCUT2D eigenvalue weighted by atomic mass is 9.48. The average molecular weight is 478 g/mol. The first-order valence-corrected chi connectivity index (χ1v) is 13.6. The third kappa shape index (κ3) is 4.25. The Bertz CT molecular complexity index is 994. The number of nitrogens with zero attached hydrogens (tertiary/aromatic N) is 1. The SMILES string of the molecule is C[C@@H](OC(=O)C1CCN(S(=O)(=O)c2ccc(F)cc2)CC1)C(=O)C12CC3CC(CC(C3)C1)C2. The number of piperidine rings is 1. The molecule has 0 spiro atoms. The van der Waals surface area contributed by atoms with Gasteiger partial charge in [0.1, 0.15) is 5.82 Å². The van der Waals surface area contributed by atoms with Gasteiger partial charge in [-0.15, -0.1) is 0 Å². The fraction of sp³-hybridized carbons (Fsp3) is 0.680. The third-order valence-electron chi connectivity index (χ3n) is 8.46. The van der Waals surface area contributed by atoms with Gasteiger partial charge in [-0.1, -0.05) is 0 Å². The van der Waals surface area contributed by atoms with Crippen molar-refractivity contribution in [3.63, 3.8) is 0 Å². The molecule has 0 N–H and O–H groups in total. The summed E-state index contributed by atoms with van der Waals surface area (Å²) in [5.74, 6) is 0.719. The minimum atomic E-state index is -3.73. The molecule has 1 aromatic carbocycles. The van der Waals surface area contributed by atoms with E-state index in [-0.39, 0.29) is 29.2 Å². The molecule has 180 valence electrons. The van der Waals surface area contributed by atoms with Crippen molar-refractivity contribution in [2.45, 2.75) is 69.3 Å². The standard InChI is InChI=1S/C25H32FNO5S/c1-16(23(28)25-13-17-10-18(14-25)12-19(11-17)15-25)32-24(29)20-6-8-27(9-7-20)33(30,31)22-4-2-21(26)3-5-22/h2-5,16-20H,6-15H2,1H3/t16-,17?,18?,19?,25?/m1/s1. The number of Topliss-reactive ketones (excluding diaryl/α,β-unsaturated/α-hetero) is 1. The molecule has 1 aliphatic heterocycles. The number of hydrogen-bond acceptors (Lipinski definition) is 5. The maximum atomic E-state index is 13.4. The van der Waals surface area contributed by atoms with Gasteiger partial charge in [-0.3, -0.25) is 9.59 Å². The molecule has 4 aliphatic carbocycles. The van der Waals surface area contributed by atoms with Crippen molar-refractivity contribution >= 4 is 21.8 Å². The predicted octanol–water partition coefficient (Wildman–Crippen LogP) is 3.94. The van der Waals surface area contributed by atoms with Crippen LogP contribution in [0.3, 0.4) is 0 Å². The summed E-state index contributed by atoms with van der Waals surface area (Å²) < 4.78 is 45.7. The van der Waals surface area contributed by atoms with Gasteiger partial charge in [-0.25, -0.2) is 12.8 Å². The summed E-state index contributed by atoms with van der Waals surface area (Å²) in [6, 6.07) is 4.75. The molecule has 0 amide bonds. The molecular weight excluding hydrogens is 445 g/mol. The van der Waals surface area contributed by atoms with Crippen LogP contribution in [-0.2, 0) is 24.3 Å². The van der Waals surface area contributed by atoms with E-state index in [1.165, 1.54) is 35.7 Å². The van der Waals surface area contributed by atoms with Gasteiger partial charge in [0.2, 0.25) is 10.0 Å². The highest BCUT2D eigenvalue weighted by atomic mass is 32.2. The molecule has 1 atom stereocenters. The number of sulfonamides is 1. The summed E-state index contributed by atoms with van der Waals surface area (Å²) >= 11 is 0. The molecule has 0 unspecified atom stereocenters. The Hall–Kier alpha value is -1.80. The average Bonchev–Trinajstić information content (AvgIpc) is 2.78. The lowest BCUT2D eigenvalue weighted by molar-refractivity contribution is -0.168. The zero-order valence-corrected chi connectivity index (χ0v) is 19.9. The van der Waals surface area contributed by atoms with E-state index < -0.39 is 33.8 Å². The Morgan fingerprint density at radius 3 is 2.03 bits per heavy atom. The van der Waals surface area contributed by atoms with Crippen LogP contribution in [0.25, 0.3) is 0 Å². The molecule has 5 aliphatic rings. The first-order chi connectivity index (χ1) is 15.7. The second-order valence-electron chi connectivity index (χ2n) is 10.8. The Labute approximate surface area is 194 Å². The molecule has 1 heterocycles. The van der Waals surface area contributed by atoms with Crippen LogP contribution in [-0.4, -0.2) is 43.7 Å². The van der Waals surface area contributed by atoms with E-state index in [4.69, 9.17) is 4.74 Å². The van der Waals surface area contributed by atoms with Crippen LogP contribution in [0.15, 0.2) is 29.2 Å². The smallest absolute Gasteiger partial charge is 0.309 e. The number of rotatable bonds is 6. The van der Waals surface area contributed by atoms with Gasteiger partial charge in [0, 0.05) is 18.5 Å². The Morgan fingerprint density at radius 2 is 1.52 bits per heavy atom. The predicted molar refractivity (Wildman–Crippen MR) is 119 cm³/mol. The summed E-state index contributed by atoms with van der Waals surface area (Å²) in [5.41, 5.74) is -0.305. The summed E-state index contributed by atoms with van der Waals surface area (Å²) in [7, 11) is -3.73. The highest BCUT2D eigenvalue weighted by Crippen LogP contribution is 2.60. The van der Waals surface area contributed by atoms with Gasteiger partial charge in [-0.2, -0.15) is 4.31 Å². The first-order valence-electron chi connectivity index (χ1n) is 12.2. The van der Waals surface area contributed by atoms with E-state index in [0.717, 1.165) is 31.4 Å². The third-order valence-corrected chi connectivity index (χ3v) is 10.4. The molecule has 4 saturated carbocycles. The zero-order valence-electron chi connectivity index (χ0n) is 19.0. The normalized spacial score (nSPS) is 33.1. The Balaban J connectivity index is 1.17. The Morgan fingerprint density at radius 1 is 1.00 bits per heavy atom. The molecule has 4 bridgehead atoms. The number of carbonyl (C=O) groups excluding carboxylic acids is 2. The molecule has 5 fully saturated rings. The number of benzene rings is 1. The lowest BCUT2D eigenvalue weighted by Crippen LogP contribution is -2.53. The van der Waals surface area contributed by atoms with Crippen LogP contribution < -0.4 is 0 Å². The number of hydrogen-bond donors (Lipinski definition) is 0. The van der Waals surface area contributed by atoms with E-state index in [9.17, 15) is 22.4 Å². The monoisotopic (exact) mass is 477 g/mol. The highest BCUT2D eigenvalue weighted by Gasteiger charge is 2.55. The van der Waals surface area contributed by atoms with Crippen LogP contribution in [0, 0.1) is 34.9 Å². The van der Waals surface area contributed by atoms with Crippen molar-refractivity contribution in [2.75, 3.05) is 13.1 Å². The van der Waals surface area contributed by atoms with Gasteiger partial charge >= 0.3 is 5.97 Å². The van der Waals surface area contributed by atoms with Crippen molar-refractivity contribution < 1.29 is 27.1 Å². The van der Waals surface area contributed by atoms with Gasteiger partial charge in [0.05, 0.1) is 10.8 Å². The summed E-state index contributed by atoms with van der Waals surface area (Å²) in [6.45, 7) is 2.08. The number of carbonyl (C=O) groups is 2. The minimum Gasteiger partial charge on any atom is -0.454 e. The molecule has 1 saturated heterocycles. The second kappa shape index (κ2) is 8.45. The number of esters is 1. The summed E-state index contributed by atoms with van der Waals surface area (Å²) in [5, 5.41) is 0. The van der Waals surface area contributed by atoms with E-state index in [1.807, 2.05) is 0 Å². The molecule has 6 nitrogen and oxygen atoms in total. The van der Waals surface area contributed by atoms with Gasteiger partial charge < -0.3 is 4.74 Å². The number of ketones is 1. The van der Waals surface area contributed by atoms with Gasteiger partial charge in [-0.05, 0) is 100 Å². The number of halogens is 1.